The summed E-state index contributed by atoms with van der Waals surface area (Å²) in [5.74, 6) is 0.528. The summed E-state index contributed by atoms with van der Waals surface area (Å²) in [6, 6.07) is 0. The maximum Gasteiger partial charge on any atom is 0.410 e. The van der Waals surface area contributed by atoms with Gasteiger partial charge in [-0.2, -0.15) is 0 Å². The fourth-order valence-corrected chi connectivity index (χ4v) is 2.17. The average molecular weight is 270 g/mol. The van der Waals surface area contributed by atoms with Gasteiger partial charge < -0.3 is 15.0 Å². The number of hydrogen-bond acceptors (Lipinski definition) is 3. The topological polar surface area (TPSA) is 41.6 Å². The summed E-state index contributed by atoms with van der Waals surface area (Å²) in [6.45, 7) is 14.8. The highest BCUT2D eigenvalue weighted by atomic mass is 16.6. The maximum atomic E-state index is 12.0. The Morgan fingerprint density at radius 3 is 2.42 bits per heavy atom. The van der Waals surface area contributed by atoms with Crippen molar-refractivity contribution in [1.82, 2.24) is 10.2 Å². The highest BCUT2D eigenvalue weighted by molar-refractivity contribution is 5.68. The highest BCUT2D eigenvalue weighted by Crippen LogP contribution is 2.19. The van der Waals surface area contributed by atoms with Gasteiger partial charge in [-0.3, -0.25) is 0 Å². The molecule has 0 radical (unpaired) electrons. The first kappa shape index (κ1) is 16.3. The SMILES string of the molecule is CC(C)(C)NCC1CCCN(C(=O)OC(C)(C)C)C1. The molecule has 1 amide bonds. The first-order chi connectivity index (χ1) is 8.57. The number of rotatable bonds is 2. The second-order valence-corrected chi connectivity index (χ2v) is 7.57. The molecular weight excluding hydrogens is 240 g/mol. The standard InChI is InChI=1S/C15H30N2O2/c1-14(2,3)16-10-12-8-7-9-17(11-12)13(18)19-15(4,5)6/h12,16H,7-11H2,1-6H3. The summed E-state index contributed by atoms with van der Waals surface area (Å²) in [6.07, 6.45) is 2.07. The lowest BCUT2D eigenvalue weighted by molar-refractivity contribution is 0.0164. The fraction of sp³-hybridized carbons (Fsp3) is 0.933. The lowest BCUT2D eigenvalue weighted by Gasteiger charge is -2.35. The molecule has 0 saturated carbocycles. The smallest absolute Gasteiger partial charge is 0.410 e. The predicted molar refractivity (Wildman–Crippen MR) is 78.3 cm³/mol. The van der Waals surface area contributed by atoms with Gasteiger partial charge in [0.25, 0.3) is 0 Å². The maximum absolute atomic E-state index is 12.0. The van der Waals surface area contributed by atoms with Gasteiger partial charge in [-0.15, -0.1) is 0 Å². The summed E-state index contributed by atoms with van der Waals surface area (Å²) in [4.78, 5) is 13.9. The fourth-order valence-electron chi connectivity index (χ4n) is 2.17. The molecule has 0 spiro atoms. The molecule has 112 valence electrons. The van der Waals surface area contributed by atoms with Crippen LogP contribution in [0.1, 0.15) is 54.4 Å². The number of likely N-dealkylation sites (tertiary alicyclic amines) is 1. The molecule has 0 aromatic carbocycles. The summed E-state index contributed by atoms with van der Waals surface area (Å²) in [5, 5.41) is 3.52. The van der Waals surface area contributed by atoms with Crippen molar-refractivity contribution in [1.29, 1.82) is 0 Å². The monoisotopic (exact) mass is 270 g/mol. The van der Waals surface area contributed by atoms with Gasteiger partial charge in [0.15, 0.2) is 0 Å². The Hall–Kier alpha value is -0.770. The third-order valence-corrected chi connectivity index (χ3v) is 3.09. The minimum atomic E-state index is -0.409. The molecular formula is C15H30N2O2. The first-order valence-corrected chi connectivity index (χ1v) is 7.30. The van der Waals surface area contributed by atoms with Crippen LogP contribution in [0, 0.1) is 5.92 Å². The van der Waals surface area contributed by atoms with Crippen LogP contribution < -0.4 is 5.32 Å². The zero-order valence-electron chi connectivity index (χ0n) is 13.4. The number of hydrogen-bond donors (Lipinski definition) is 1. The van der Waals surface area contributed by atoms with Gasteiger partial charge in [0.05, 0.1) is 0 Å². The third-order valence-electron chi connectivity index (χ3n) is 3.09. The zero-order chi connectivity index (χ0) is 14.7. The first-order valence-electron chi connectivity index (χ1n) is 7.30. The molecule has 1 heterocycles. The van der Waals surface area contributed by atoms with E-state index < -0.39 is 5.60 Å². The molecule has 4 nitrogen and oxygen atoms in total. The van der Waals surface area contributed by atoms with E-state index in [9.17, 15) is 4.79 Å². The van der Waals surface area contributed by atoms with Crippen LogP contribution in [0.4, 0.5) is 4.79 Å². The van der Waals surface area contributed by atoms with Crippen molar-refractivity contribution in [2.75, 3.05) is 19.6 Å². The minimum Gasteiger partial charge on any atom is -0.444 e. The lowest BCUT2D eigenvalue weighted by atomic mass is 9.97. The number of nitrogens with one attached hydrogen (secondary N) is 1. The molecule has 4 heteroatoms. The van der Waals surface area contributed by atoms with Gasteiger partial charge in [0.2, 0.25) is 0 Å². The number of nitrogens with zero attached hydrogens (tertiary/aromatic N) is 1. The zero-order valence-corrected chi connectivity index (χ0v) is 13.4. The molecule has 1 atom stereocenters. The van der Waals surface area contributed by atoms with Gasteiger partial charge in [-0.05, 0) is 60.3 Å². The molecule has 0 aromatic rings. The van der Waals surface area contributed by atoms with Crippen molar-refractivity contribution in [2.24, 2.45) is 5.92 Å². The molecule has 1 saturated heterocycles. The lowest BCUT2D eigenvalue weighted by Crippen LogP contribution is -2.47. The van der Waals surface area contributed by atoms with Crippen LogP contribution in [-0.2, 0) is 4.74 Å². The van der Waals surface area contributed by atoms with Crippen LogP contribution in [-0.4, -0.2) is 41.8 Å². The Morgan fingerprint density at radius 2 is 1.89 bits per heavy atom. The predicted octanol–water partition coefficient (Wildman–Crippen LogP) is 3.02. The van der Waals surface area contributed by atoms with Crippen LogP contribution in [0.3, 0.4) is 0 Å². The van der Waals surface area contributed by atoms with E-state index in [1.165, 1.54) is 6.42 Å². The number of carbonyl (C=O) groups excluding carboxylic acids is 1. The molecule has 1 aliphatic rings. The molecule has 0 bridgehead atoms. The van der Waals surface area contributed by atoms with Crippen LogP contribution in [0.15, 0.2) is 0 Å². The quantitative estimate of drug-likeness (QED) is 0.838. The Kier molecular flexibility index (Phi) is 5.25. The van der Waals surface area contributed by atoms with E-state index >= 15 is 0 Å². The van der Waals surface area contributed by atoms with Crippen LogP contribution in [0.2, 0.25) is 0 Å². The molecule has 1 rings (SSSR count). The number of amides is 1. The molecule has 1 fully saturated rings. The van der Waals surface area contributed by atoms with Gasteiger partial charge >= 0.3 is 6.09 Å². The number of piperidine rings is 1. The van der Waals surface area contributed by atoms with E-state index in [4.69, 9.17) is 4.74 Å². The Morgan fingerprint density at radius 1 is 1.26 bits per heavy atom. The normalized spacial score (nSPS) is 21.4. The highest BCUT2D eigenvalue weighted by Gasteiger charge is 2.27. The third kappa shape index (κ3) is 6.81. The van der Waals surface area contributed by atoms with Crippen molar-refractivity contribution < 1.29 is 9.53 Å². The molecule has 1 aliphatic heterocycles. The molecule has 0 aliphatic carbocycles. The second-order valence-electron chi connectivity index (χ2n) is 7.57. The summed E-state index contributed by atoms with van der Waals surface area (Å²) in [5.41, 5.74) is -0.276. The van der Waals surface area contributed by atoms with E-state index in [0.29, 0.717) is 5.92 Å². The van der Waals surface area contributed by atoms with E-state index in [1.807, 2.05) is 25.7 Å². The number of ether oxygens (including phenoxy) is 1. The molecule has 0 aromatic heterocycles. The number of carbonyl (C=O) groups is 1. The molecule has 1 unspecified atom stereocenters. The second kappa shape index (κ2) is 6.12. The van der Waals surface area contributed by atoms with Crippen molar-refractivity contribution in [2.45, 2.75) is 65.5 Å². The van der Waals surface area contributed by atoms with Crippen molar-refractivity contribution in [3.63, 3.8) is 0 Å². The Balaban J connectivity index is 2.44. The van der Waals surface area contributed by atoms with Crippen molar-refractivity contribution >= 4 is 6.09 Å². The van der Waals surface area contributed by atoms with Gasteiger partial charge in [-0.1, -0.05) is 0 Å². The van der Waals surface area contributed by atoms with Crippen molar-refractivity contribution in [3.05, 3.63) is 0 Å². The van der Waals surface area contributed by atoms with Gasteiger partial charge in [0, 0.05) is 25.2 Å². The molecule has 1 N–H and O–H groups in total. The molecule has 19 heavy (non-hydrogen) atoms. The van der Waals surface area contributed by atoms with Crippen LogP contribution >= 0.6 is 0 Å². The van der Waals surface area contributed by atoms with Crippen LogP contribution in [0.5, 0.6) is 0 Å². The van der Waals surface area contributed by atoms with Gasteiger partial charge in [-0.25, -0.2) is 4.79 Å². The van der Waals surface area contributed by atoms with Crippen molar-refractivity contribution in [3.8, 4) is 0 Å². The summed E-state index contributed by atoms with van der Waals surface area (Å²) >= 11 is 0. The summed E-state index contributed by atoms with van der Waals surface area (Å²) in [7, 11) is 0. The largest absolute Gasteiger partial charge is 0.444 e. The average Bonchev–Trinajstić information content (AvgIpc) is 2.23. The Bertz CT molecular complexity index is 302. The van der Waals surface area contributed by atoms with E-state index in [0.717, 1.165) is 26.1 Å². The van der Waals surface area contributed by atoms with E-state index in [2.05, 4.69) is 26.1 Å². The van der Waals surface area contributed by atoms with E-state index in [-0.39, 0.29) is 11.6 Å². The summed E-state index contributed by atoms with van der Waals surface area (Å²) < 4.78 is 5.44. The minimum absolute atomic E-state index is 0.133. The van der Waals surface area contributed by atoms with Gasteiger partial charge in [0.1, 0.15) is 5.60 Å². The van der Waals surface area contributed by atoms with Crippen LogP contribution in [0.25, 0.3) is 0 Å². The van der Waals surface area contributed by atoms with E-state index in [1.54, 1.807) is 0 Å². The Labute approximate surface area is 117 Å².